The minimum absolute atomic E-state index is 0.111. The number of H-pyrrole nitrogens is 1. The fourth-order valence-electron chi connectivity index (χ4n) is 1.89. The molecule has 4 N–H and O–H groups in total. The molecule has 1 unspecified atom stereocenters. The van der Waals surface area contributed by atoms with E-state index in [2.05, 4.69) is 15.3 Å². The number of imidazole rings is 1. The number of nitrogen functional groups attached to an aromatic ring is 1. The van der Waals surface area contributed by atoms with Crippen LogP contribution in [0.25, 0.3) is 0 Å². The Labute approximate surface area is 112 Å². The lowest BCUT2D eigenvalue weighted by atomic mass is 10.1. The maximum absolute atomic E-state index is 12.2. The third-order valence-electron chi connectivity index (χ3n) is 3.10. The van der Waals surface area contributed by atoms with Gasteiger partial charge in [0.15, 0.2) is 0 Å². The first kappa shape index (κ1) is 13.1. The summed E-state index contributed by atoms with van der Waals surface area (Å²) in [4.78, 5) is 19.4. The predicted molar refractivity (Wildman–Crippen MR) is 74.7 cm³/mol. The summed E-state index contributed by atoms with van der Waals surface area (Å²) in [6.45, 7) is 3.89. The van der Waals surface area contributed by atoms with Crippen LogP contribution in [-0.4, -0.2) is 15.9 Å². The largest absolute Gasteiger partial charge is 0.399 e. The number of aromatic amines is 1. The van der Waals surface area contributed by atoms with E-state index in [1.807, 2.05) is 13.8 Å². The summed E-state index contributed by atoms with van der Waals surface area (Å²) in [5.74, 6) is 0.648. The highest BCUT2D eigenvalue weighted by Gasteiger charge is 2.16. The van der Waals surface area contributed by atoms with Crippen molar-refractivity contribution in [1.29, 1.82) is 0 Å². The molecule has 1 amide bonds. The van der Waals surface area contributed by atoms with E-state index in [-0.39, 0.29) is 11.9 Å². The van der Waals surface area contributed by atoms with Gasteiger partial charge in [0, 0.05) is 23.6 Å². The molecule has 0 radical (unpaired) electrons. The van der Waals surface area contributed by atoms with E-state index >= 15 is 0 Å². The first-order chi connectivity index (χ1) is 9.11. The first-order valence-electron chi connectivity index (χ1n) is 6.28. The molecule has 2 rings (SSSR count). The number of aromatic nitrogens is 2. The van der Waals surface area contributed by atoms with Gasteiger partial charge in [-0.3, -0.25) is 4.79 Å². The number of benzene rings is 1. The standard InChI is InChI=1S/C14H18N4O/c1-3-12(13-16-6-7-17-13)18-14(19)10-4-5-11(15)9(2)8-10/h4-8,12H,3,15H2,1-2H3,(H,16,17)(H,18,19). The number of hydrogen-bond donors (Lipinski definition) is 3. The van der Waals surface area contributed by atoms with Gasteiger partial charge in [0.2, 0.25) is 0 Å². The fraction of sp³-hybridized carbons (Fsp3) is 0.286. The van der Waals surface area contributed by atoms with Gasteiger partial charge in [-0.25, -0.2) is 4.98 Å². The van der Waals surface area contributed by atoms with Gasteiger partial charge in [0.1, 0.15) is 5.82 Å². The minimum Gasteiger partial charge on any atom is -0.399 e. The Hall–Kier alpha value is -2.30. The van der Waals surface area contributed by atoms with Crippen LogP contribution >= 0.6 is 0 Å². The molecule has 5 heteroatoms. The third-order valence-corrected chi connectivity index (χ3v) is 3.10. The molecule has 1 heterocycles. The summed E-state index contributed by atoms with van der Waals surface area (Å²) in [6, 6.07) is 5.16. The minimum atomic E-state index is -0.119. The van der Waals surface area contributed by atoms with E-state index in [4.69, 9.17) is 5.73 Å². The van der Waals surface area contributed by atoms with Crippen LogP contribution in [0.4, 0.5) is 5.69 Å². The van der Waals surface area contributed by atoms with Gasteiger partial charge >= 0.3 is 0 Å². The van der Waals surface area contributed by atoms with Gasteiger partial charge in [0.05, 0.1) is 6.04 Å². The van der Waals surface area contributed by atoms with Gasteiger partial charge < -0.3 is 16.0 Å². The van der Waals surface area contributed by atoms with Gasteiger partial charge in [0.25, 0.3) is 5.91 Å². The highest BCUT2D eigenvalue weighted by Crippen LogP contribution is 2.15. The smallest absolute Gasteiger partial charge is 0.251 e. The monoisotopic (exact) mass is 258 g/mol. The molecule has 0 spiro atoms. The van der Waals surface area contributed by atoms with Crippen molar-refractivity contribution in [3.63, 3.8) is 0 Å². The lowest BCUT2D eigenvalue weighted by molar-refractivity contribution is 0.0934. The van der Waals surface area contributed by atoms with Crippen LogP contribution in [0, 0.1) is 6.92 Å². The zero-order valence-electron chi connectivity index (χ0n) is 11.1. The summed E-state index contributed by atoms with van der Waals surface area (Å²) in [6.07, 6.45) is 4.20. The predicted octanol–water partition coefficient (Wildman–Crippen LogP) is 2.18. The normalized spacial score (nSPS) is 12.1. The second kappa shape index (κ2) is 5.56. The van der Waals surface area contributed by atoms with E-state index < -0.39 is 0 Å². The quantitative estimate of drug-likeness (QED) is 0.735. The number of carbonyl (C=O) groups excluding carboxylic acids is 1. The van der Waals surface area contributed by atoms with Crippen molar-refractivity contribution in [3.05, 3.63) is 47.5 Å². The van der Waals surface area contributed by atoms with E-state index in [1.165, 1.54) is 0 Å². The number of carbonyl (C=O) groups is 1. The molecule has 0 aliphatic rings. The molecule has 0 saturated heterocycles. The van der Waals surface area contributed by atoms with Crippen LogP contribution in [0.3, 0.4) is 0 Å². The van der Waals surface area contributed by atoms with Crippen molar-refractivity contribution in [1.82, 2.24) is 15.3 Å². The average Bonchev–Trinajstić information content (AvgIpc) is 2.92. The number of nitrogens with zero attached hydrogens (tertiary/aromatic N) is 1. The fourth-order valence-corrected chi connectivity index (χ4v) is 1.89. The summed E-state index contributed by atoms with van der Waals surface area (Å²) in [7, 11) is 0. The average molecular weight is 258 g/mol. The Bertz CT molecular complexity index is 563. The molecule has 0 fully saturated rings. The molecule has 0 aliphatic heterocycles. The topological polar surface area (TPSA) is 83.8 Å². The van der Waals surface area contributed by atoms with E-state index in [1.54, 1.807) is 30.6 Å². The number of nitrogens with one attached hydrogen (secondary N) is 2. The third kappa shape index (κ3) is 2.93. The first-order valence-corrected chi connectivity index (χ1v) is 6.28. The molecule has 0 saturated carbocycles. The van der Waals surface area contributed by atoms with Crippen LogP contribution in [0.1, 0.15) is 41.1 Å². The van der Waals surface area contributed by atoms with Crippen LogP contribution in [-0.2, 0) is 0 Å². The maximum atomic E-state index is 12.2. The van der Waals surface area contributed by atoms with Crippen LogP contribution in [0.2, 0.25) is 0 Å². The Morgan fingerprint density at radius 1 is 1.53 bits per heavy atom. The van der Waals surface area contributed by atoms with Crippen molar-refractivity contribution in [2.24, 2.45) is 0 Å². The summed E-state index contributed by atoms with van der Waals surface area (Å²) in [5.41, 5.74) is 7.95. The lowest BCUT2D eigenvalue weighted by Crippen LogP contribution is -2.29. The Kier molecular flexibility index (Phi) is 3.85. The molecule has 19 heavy (non-hydrogen) atoms. The van der Waals surface area contributed by atoms with Crippen LogP contribution in [0.15, 0.2) is 30.6 Å². The van der Waals surface area contributed by atoms with Gasteiger partial charge in [-0.1, -0.05) is 6.92 Å². The van der Waals surface area contributed by atoms with Crippen molar-refractivity contribution < 1.29 is 4.79 Å². The molecule has 5 nitrogen and oxygen atoms in total. The van der Waals surface area contributed by atoms with Crippen LogP contribution < -0.4 is 11.1 Å². The van der Waals surface area contributed by atoms with E-state index in [9.17, 15) is 4.79 Å². The molecule has 1 aromatic heterocycles. The SMILES string of the molecule is CCC(NC(=O)c1ccc(N)c(C)c1)c1ncc[nH]1. The molecule has 2 aromatic rings. The highest BCUT2D eigenvalue weighted by molar-refractivity contribution is 5.95. The second-order valence-corrected chi connectivity index (χ2v) is 4.48. The molecule has 1 aromatic carbocycles. The number of hydrogen-bond acceptors (Lipinski definition) is 3. The molecule has 1 atom stereocenters. The summed E-state index contributed by atoms with van der Waals surface area (Å²) in [5, 5.41) is 2.96. The summed E-state index contributed by atoms with van der Waals surface area (Å²) >= 11 is 0. The number of anilines is 1. The highest BCUT2D eigenvalue weighted by atomic mass is 16.1. The van der Waals surface area contributed by atoms with Gasteiger partial charge in [-0.05, 0) is 37.1 Å². The zero-order valence-corrected chi connectivity index (χ0v) is 11.1. The van der Waals surface area contributed by atoms with Gasteiger partial charge in [-0.2, -0.15) is 0 Å². The van der Waals surface area contributed by atoms with Crippen LogP contribution in [0.5, 0.6) is 0 Å². The molecular weight excluding hydrogens is 240 g/mol. The maximum Gasteiger partial charge on any atom is 0.251 e. The Morgan fingerprint density at radius 3 is 2.89 bits per heavy atom. The van der Waals surface area contributed by atoms with Crippen molar-refractivity contribution in [3.8, 4) is 0 Å². The molecule has 100 valence electrons. The molecule has 0 bridgehead atoms. The van der Waals surface area contributed by atoms with Crippen molar-refractivity contribution in [2.45, 2.75) is 26.3 Å². The Morgan fingerprint density at radius 2 is 2.32 bits per heavy atom. The van der Waals surface area contributed by atoms with E-state index in [0.717, 1.165) is 17.8 Å². The number of aryl methyl sites for hydroxylation is 1. The number of amides is 1. The number of rotatable bonds is 4. The van der Waals surface area contributed by atoms with E-state index in [0.29, 0.717) is 11.3 Å². The molecular formula is C14H18N4O. The Balaban J connectivity index is 2.13. The zero-order chi connectivity index (χ0) is 13.8. The second-order valence-electron chi connectivity index (χ2n) is 4.48. The van der Waals surface area contributed by atoms with Crippen molar-refractivity contribution in [2.75, 3.05) is 5.73 Å². The van der Waals surface area contributed by atoms with Crippen molar-refractivity contribution >= 4 is 11.6 Å². The molecule has 0 aliphatic carbocycles. The van der Waals surface area contributed by atoms with Gasteiger partial charge in [-0.15, -0.1) is 0 Å². The summed E-state index contributed by atoms with van der Waals surface area (Å²) < 4.78 is 0. The lowest BCUT2D eigenvalue weighted by Gasteiger charge is -2.15. The number of nitrogens with two attached hydrogens (primary N) is 1.